The topological polar surface area (TPSA) is 85.3 Å². The van der Waals surface area contributed by atoms with Gasteiger partial charge < -0.3 is 9.64 Å². The summed E-state index contributed by atoms with van der Waals surface area (Å²) in [4.78, 5) is 14.4. The first-order valence-corrected chi connectivity index (χ1v) is 14.0. The molecule has 1 aliphatic rings. The first-order chi connectivity index (χ1) is 17.8. The van der Waals surface area contributed by atoms with Gasteiger partial charge in [0, 0.05) is 18.3 Å². The van der Waals surface area contributed by atoms with Gasteiger partial charge >= 0.3 is 6.18 Å². The maximum Gasteiger partial charge on any atom is 0.416 e. The Kier molecular flexibility index (Phi) is 8.08. The van der Waals surface area contributed by atoms with E-state index < -0.39 is 21.6 Å². The third kappa shape index (κ3) is 6.32. The fraction of sp³-hybridized carbons (Fsp3) is 0.444. The molecule has 0 spiro atoms. The van der Waals surface area contributed by atoms with Crippen LogP contribution in [0.5, 0.6) is 5.88 Å². The van der Waals surface area contributed by atoms with E-state index >= 15 is 0 Å². The van der Waals surface area contributed by atoms with Gasteiger partial charge in [0.05, 0.1) is 27.6 Å². The smallest absolute Gasteiger partial charge is 0.416 e. The highest BCUT2D eigenvalue weighted by molar-refractivity contribution is 7.90. The molecule has 0 amide bonds. The lowest BCUT2D eigenvalue weighted by atomic mass is 9.77. The minimum atomic E-state index is -4.39. The van der Waals surface area contributed by atoms with Crippen molar-refractivity contribution in [2.75, 3.05) is 14.1 Å². The van der Waals surface area contributed by atoms with Gasteiger partial charge in [-0.05, 0) is 88.5 Å². The van der Waals surface area contributed by atoms with Crippen LogP contribution in [0.1, 0.15) is 53.3 Å². The second kappa shape index (κ2) is 11.0. The van der Waals surface area contributed by atoms with E-state index in [0.29, 0.717) is 36.5 Å². The van der Waals surface area contributed by atoms with E-state index in [-0.39, 0.29) is 28.7 Å². The molecule has 4 rings (SSSR count). The number of nitrogens with zero attached hydrogens (tertiary/aromatic N) is 4. The number of hydrogen-bond acceptors (Lipinski definition) is 7. The van der Waals surface area contributed by atoms with Crippen LogP contribution in [0.3, 0.4) is 0 Å². The molecule has 1 saturated carbocycles. The lowest BCUT2D eigenvalue weighted by Gasteiger charge is -2.40. The Morgan fingerprint density at radius 2 is 1.84 bits per heavy atom. The molecule has 3 aromatic rings. The number of sulfone groups is 1. The molecule has 11 heteroatoms. The molecule has 0 radical (unpaired) electrons. The third-order valence-electron chi connectivity index (χ3n) is 7.06. The van der Waals surface area contributed by atoms with Crippen LogP contribution in [-0.2, 0) is 21.8 Å². The Bertz CT molecular complexity index is 1380. The minimum absolute atomic E-state index is 0.0337. The summed E-state index contributed by atoms with van der Waals surface area (Å²) in [6, 6.07) is 8.48. The first kappa shape index (κ1) is 28.0. The van der Waals surface area contributed by atoms with E-state index in [1.165, 1.54) is 24.7 Å². The number of pyridine rings is 1. The summed E-state index contributed by atoms with van der Waals surface area (Å²) >= 11 is 0. The van der Waals surface area contributed by atoms with Crippen molar-refractivity contribution in [1.29, 1.82) is 0 Å². The summed E-state index contributed by atoms with van der Waals surface area (Å²) in [6.45, 7) is 3.46. The quantitative estimate of drug-likeness (QED) is 0.405. The molecule has 0 aliphatic heterocycles. The van der Waals surface area contributed by atoms with E-state index in [1.807, 2.05) is 25.9 Å². The zero-order chi connectivity index (χ0) is 27.7. The second-order valence-corrected chi connectivity index (χ2v) is 11.9. The number of rotatable bonds is 7. The number of likely N-dealkylation sites (N-methyl/N-ethyl adjacent to an activating group) is 1. The van der Waals surface area contributed by atoms with E-state index in [9.17, 15) is 21.6 Å². The maximum absolute atomic E-state index is 13.3. The molecule has 204 valence electrons. The monoisotopic (exact) mass is 548 g/mol. The molecule has 1 aliphatic carbocycles. The number of benzene rings is 1. The predicted molar refractivity (Wildman–Crippen MR) is 137 cm³/mol. The molecule has 0 saturated heterocycles. The van der Waals surface area contributed by atoms with Crippen molar-refractivity contribution in [3.05, 3.63) is 77.0 Å². The summed E-state index contributed by atoms with van der Waals surface area (Å²) in [5, 5.41) is 0. The zero-order valence-electron chi connectivity index (χ0n) is 21.7. The highest BCUT2D eigenvalue weighted by Gasteiger charge is 2.37. The molecule has 0 N–H and O–H groups in total. The molecular formula is C27H31F3N4O3S. The molecule has 1 fully saturated rings. The number of halogens is 3. The summed E-state index contributed by atoms with van der Waals surface area (Å²) in [7, 11) is 0.170. The molecule has 0 unspecified atom stereocenters. The first-order valence-electron chi connectivity index (χ1n) is 12.3. The fourth-order valence-electron chi connectivity index (χ4n) is 5.09. The summed E-state index contributed by atoms with van der Waals surface area (Å²) in [5.41, 5.74) is 1.65. The Morgan fingerprint density at radius 1 is 1.08 bits per heavy atom. The molecule has 38 heavy (non-hydrogen) atoms. The van der Waals surface area contributed by atoms with Crippen molar-refractivity contribution in [1.82, 2.24) is 19.9 Å². The standard InChI is InChI=1S/C27H31F3N4O3S/c1-17-5-7-20(27(28,29)30)14-22(17)19-6-8-24(23(13-19)34(3)4)37-26-10-9-25(18(2)33-26)38(35,36)15-21-11-12-31-16-32-21/h5,7,9-12,14,16,19,23-24H,6,8,13,15H2,1-4H3/t19-,23-,24-/m0/s1. The summed E-state index contributed by atoms with van der Waals surface area (Å²) in [6.07, 6.45) is 0.0783. The second-order valence-electron chi connectivity index (χ2n) is 9.96. The lowest BCUT2D eigenvalue weighted by Crippen LogP contribution is -2.46. The number of aromatic nitrogens is 3. The molecule has 7 nitrogen and oxygen atoms in total. The van der Waals surface area contributed by atoms with Gasteiger partial charge in [-0.15, -0.1) is 0 Å². The SMILES string of the molecule is Cc1ccc(C(F)(F)F)cc1[C@H]1CC[C@H](Oc2ccc(S(=O)(=O)Cc3ccncn3)c(C)n2)[C@@H](N(C)C)C1. The predicted octanol–water partition coefficient (Wildman–Crippen LogP) is 5.13. The molecule has 1 aromatic carbocycles. The van der Waals surface area contributed by atoms with Gasteiger partial charge in [-0.25, -0.2) is 23.4 Å². The van der Waals surface area contributed by atoms with Gasteiger partial charge in [0.1, 0.15) is 12.4 Å². The van der Waals surface area contributed by atoms with Crippen molar-refractivity contribution in [2.24, 2.45) is 0 Å². The van der Waals surface area contributed by atoms with Crippen LogP contribution >= 0.6 is 0 Å². The highest BCUT2D eigenvalue weighted by Crippen LogP contribution is 2.40. The highest BCUT2D eigenvalue weighted by atomic mass is 32.2. The van der Waals surface area contributed by atoms with Gasteiger partial charge in [-0.3, -0.25) is 0 Å². The molecule has 3 atom stereocenters. The van der Waals surface area contributed by atoms with Crippen molar-refractivity contribution < 1.29 is 26.3 Å². The van der Waals surface area contributed by atoms with Gasteiger partial charge in [-0.2, -0.15) is 13.2 Å². The number of hydrogen-bond donors (Lipinski definition) is 0. The summed E-state index contributed by atoms with van der Waals surface area (Å²) in [5.74, 6) is 0.0162. The molecule has 0 bridgehead atoms. The minimum Gasteiger partial charge on any atom is -0.473 e. The van der Waals surface area contributed by atoms with Crippen molar-refractivity contribution in [3.63, 3.8) is 0 Å². The normalized spacial score (nSPS) is 20.5. The summed E-state index contributed by atoms with van der Waals surface area (Å²) < 4.78 is 72.1. The van der Waals surface area contributed by atoms with Crippen molar-refractivity contribution >= 4 is 9.84 Å². The van der Waals surface area contributed by atoms with Crippen LogP contribution in [-0.4, -0.2) is 54.5 Å². The number of ether oxygens (including phenoxy) is 1. The largest absolute Gasteiger partial charge is 0.473 e. The van der Waals surface area contributed by atoms with Gasteiger partial charge in [0.25, 0.3) is 0 Å². The van der Waals surface area contributed by atoms with Gasteiger partial charge in [-0.1, -0.05) is 6.07 Å². The van der Waals surface area contributed by atoms with Crippen LogP contribution in [0, 0.1) is 13.8 Å². The zero-order valence-corrected chi connectivity index (χ0v) is 22.6. The van der Waals surface area contributed by atoms with Crippen LogP contribution < -0.4 is 4.74 Å². The van der Waals surface area contributed by atoms with E-state index in [0.717, 1.165) is 17.2 Å². The molecular weight excluding hydrogens is 517 g/mol. The average Bonchev–Trinajstić information content (AvgIpc) is 2.84. The third-order valence-corrected chi connectivity index (χ3v) is 8.84. The molecule has 2 heterocycles. The van der Waals surface area contributed by atoms with Crippen LogP contribution in [0.15, 0.2) is 53.8 Å². The van der Waals surface area contributed by atoms with Gasteiger partial charge in [0.2, 0.25) is 5.88 Å². The van der Waals surface area contributed by atoms with E-state index in [1.54, 1.807) is 25.1 Å². The number of aryl methyl sites for hydroxylation is 2. The van der Waals surface area contributed by atoms with E-state index in [2.05, 4.69) is 15.0 Å². The Balaban J connectivity index is 1.50. The van der Waals surface area contributed by atoms with Crippen LogP contribution in [0.2, 0.25) is 0 Å². The number of alkyl halides is 3. The van der Waals surface area contributed by atoms with Crippen molar-refractivity contribution in [3.8, 4) is 5.88 Å². The lowest BCUT2D eigenvalue weighted by molar-refractivity contribution is -0.137. The fourth-order valence-corrected chi connectivity index (χ4v) is 6.58. The molecule has 2 aromatic heterocycles. The maximum atomic E-state index is 13.3. The average molecular weight is 549 g/mol. The Labute approximate surface area is 221 Å². The van der Waals surface area contributed by atoms with Crippen LogP contribution in [0.25, 0.3) is 0 Å². The Morgan fingerprint density at radius 3 is 2.47 bits per heavy atom. The Hall–Kier alpha value is -3.05. The van der Waals surface area contributed by atoms with E-state index in [4.69, 9.17) is 4.74 Å². The van der Waals surface area contributed by atoms with Crippen LogP contribution in [0.4, 0.5) is 13.2 Å². The van der Waals surface area contributed by atoms with Gasteiger partial charge in [0.15, 0.2) is 9.84 Å². The van der Waals surface area contributed by atoms with Crippen molar-refractivity contribution in [2.45, 2.75) is 68.0 Å².